The Bertz CT molecular complexity index is 284. The molecule has 7 heteroatoms. The number of halogens is 1. The first-order valence-corrected chi connectivity index (χ1v) is 7.31. The fourth-order valence-corrected chi connectivity index (χ4v) is 2.46. The van der Waals surface area contributed by atoms with Crippen molar-refractivity contribution in [3.8, 4) is 0 Å². The van der Waals surface area contributed by atoms with E-state index in [2.05, 4.69) is 9.62 Å². The highest BCUT2D eigenvalue weighted by Crippen LogP contribution is 2.15. The Balaban J connectivity index is 0.00000225. The van der Waals surface area contributed by atoms with Crippen LogP contribution < -0.4 is 10.5 Å². The van der Waals surface area contributed by atoms with E-state index in [-0.39, 0.29) is 12.4 Å². The maximum Gasteiger partial charge on any atom is 0.208 e. The highest BCUT2D eigenvalue weighted by atomic mass is 35.5. The lowest BCUT2D eigenvalue weighted by molar-refractivity contribution is 0.156. The smallest absolute Gasteiger partial charge is 0.208 e. The zero-order chi connectivity index (χ0) is 11.3. The molecule has 0 bridgehead atoms. The summed E-state index contributed by atoms with van der Waals surface area (Å²) in [6.45, 7) is 2.94. The van der Waals surface area contributed by atoms with Gasteiger partial charge in [0.05, 0.1) is 6.26 Å². The average Bonchev–Trinajstić information content (AvgIpc) is 2.16. The number of nitrogens with two attached hydrogens (primary N) is 1. The molecular weight excluding hydrogens is 250 g/mol. The number of sulfonamides is 1. The summed E-state index contributed by atoms with van der Waals surface area (Å²) in [5.74, 6) is 0. The van der Waals surface area contributed by atoms with Crippen molar-refractivity contribution in [2.45, 2.75) is 25.3 Å². The highest BCUT2D eigenvalue weighted by molar-refractivity contribution is 7.88. The minimum atomic E-state index is -3.06. The van der Waals surface area contributed by atoms with Crippen LogP contribution in [0.1, 0.15) is 19.3 Å². The molecule has 1 aliphatic heterocycles. The fraction of sp³-hybridized carbons (Fsp3) is 1.00. The van der Waals surface area contributed by atoms with E-state index < -0.39 is 10.0 Å². The minimum absolute atomic E-state index is 0. The Labute approximate surface area is 104 Å². The van der Waals surface area contributed by atoms with Crippen molar-refractivity contribution in [1.82, 2.24) is 9.62 Å². The van der Waals surface area contributed by atoms with Gasteiger partial charge >= 0.3 is 0 Å². The largest absolute Gasteiger partial charge is 0.329 e. The summed E-state index contributed by atoms with van der Waals surface area (Å²) in [6.07, 6.45) is 4.74. The Morgan fingerprint density at radius 2 is 2.12 bits per heavy atom. The molecule has 0 aromatic rings. The van der Waals surface area contributed by atoms with Gasteiger partial charge in [-0.15, -0.1) is 12.4 Å². The molecule has 5 nitrogen and oxygen atoms in total. The lowest BCUT2D eigenvalue weighted by Gasteiger charge is -2.34. The van der Waals surface area contributed by atoms with Crippen LogP contribution in [0.15, 0.2) is 0 Å². The maximum atomic E-state index is 10.9. The molecule has 0 aliphatic carbocycles. The maximum absolute atomic E-state index is 10.9. The SMILES string of the molecule is CS(=O)(=O)NCCN1CCCCC1CN.Cl. The van der Waals surface area contributed by atoms with Gasteiger partial charge in [0.2, 0.25) is 10.0 Å². The van der Waals surface area contributed by atoms with Gasteiger partial charge in [0.15, 0.2) is 0 Å². The van der Waals surface area contributed by atoms with Crippen LogP contribution in [0.3, 0.4) is 0 Å². The zero-order valence-electron chi connectivity index (χ0n) is 9.68. The first-order valence-electron chi connectivity index (χ1n) is 5.41. The van der Waals surface area contributed by atoms with Gasteiger partial charge in [0, 0.05) is 25.7 Å². The lowest BCUT2D eigenvalue weighted by atomic mass is 10.0. The fourth-order valence-electron chi connectivity index (χ4n) is 2.00. The molecule has 1 rings (SSSR count). The second-order valence-corrected chi connectivity index (χ2v) is 5.92. The second kappa shape index (κ2) is 7.45. The number of nitrogens with one attached hydrogen (secondary N) is 1. The van der Waals surface area contributed by atoms with Gasteiger partial charge in [-0.05, 0) is 19.4 Å². The van der Waals surface area contributed by atoms with Crippen LogP contribution in [-0.2, 0) is 10.0 Å². The van der Waals surface area contributed by atoms with Crippen molar-refractivity contribution < 1.29 is 8.42 Å². The van der Waals surface area contributed by atoms with E-state index in [4.69, 9.17) is 5.73 Å². The van der Waals surface area contributed by atoms with Gasteiger partial charge < -0.3 is 5.73 Å². The average molecular weight is 272 g/mol. The molecule has 1 unspecified atom stereocenters. The van der Waals surface area contributed by atoms with Gasteiger partial charge in [-0.2, -0.15) is 0 Å². The monoisotopic (exact) mass is 271 g/mol. The third kappa shape index (κ3) is 6.00. The zero-order valence-corrected chi connectivity index (χ0v) is 11.3. The van der Waals surface area contributed by atoms with E-state index in [0.717, 1.165) is 19.5 Å². The third-order valence-electron chi connectivity index (χ3n) is 2.78. The van der Waals surface area contributed by atoms with Gasteiger partial charge in [-0.25, -0.2) is 13.1 Å². The Kier molecular flexibility index (Phi) is 7.50. The standard InChI is InChI=1S/C9H21N3O2S.ClH/c1-15(13,14)11-5-7-12-6-3-2-4-9(12)8-10;/h9,11H,2-8,10H2,1H3;1H. The summed E-state index contributed by atoms with van der Waals surface area (Å²) in [5.41, 5.74) is 5.67. The molecule has 1 fully saturated rings. The first-order chi connectivity index (χ1) is 7.03. The molecule has 1 saturated heterocycles. The van der Waals surface area contributed by atoms with E-state index in [9.17, 15) is 8.42 Å². The molecule has 1 heterocycles. The number of hydrogen-bond donors (Lipinski definition) is 2. The predicted molar refractivity (Wildman–Crippen MR) is 68.4 cm³/mol. The highest BCUT2D eigenvalue weighted by Gasteiger charge is 2.20. The van der Waals surface area contributed by atoms with Crippen molar-refractivity contribution in [1.29, 1.82) is 0 Å². The summed E-state index contributed by atoms with van der Waals surface area (Å²) < 4.78 is 24.2. The van der Waals surface area contributed by atoms with Crippen LogP contribution in [-0.4, -0.2) is 51.8 Å². The van der Waals surface area contributed by atoms with E-state index in [1.165, 1.54) is 19.1 Å². The Hall–Kier alpha value is 0.120. The van der Waals surface area contributed by atoms with E-state index >= 15 is 0 Å². The molecule has 0 amide bonds. The third-order valence-corrected chi connectivity index (χ3v) is 3.51. The molecule has 0 radical (unpaired) electrons. The number of nitrogens with zero attached hydrogens (tertiary/aromatic N) is 1. The summed E-state index contributed by atoms with van der Waals surface area (Å²) in [6, 6.07) is 0.431. The van der Waals surface area contributed by atoms with Crippen molar-refractivity contribution in [3.05, 3.63) is 0 Å². The van der Waals surface area contributed by atoms with E-state index in [1.54, 1.807) is 0 Å². The topological polar surface area (TPSA) is 75.4 Å². The molecule has 0 saturated carbocycles. The molecule has 98 valence electrons. The Morgan fingerprint density at radius 1 is 1.44 bits per heavy atom. The van der Waals surface area contributed by atoms with Crippen LogP contribution in [0.25, 0.3) is 0 Å². The van der Waals surface area contributed by atoms with Crippen molar-refractivity contribution in [3.63, 3.8) is 0 Å². The molecule has 0 spiro atoms. The number of likely N-dealkylation sites (tertiary alicyclic amines) is 1. The number of rotatable bonds is 5. The predicted octanol–water partition coefficient (Wildman–Crippen LogP) is -0.229. The molecule has 16 heavy (non-hydrogen) atoms. The van der Waals surface area contributed by atoms with Crippen molar-refractivity contribution in [2.24, 2.45) is 5.73 Å². The van der Waals surface area contributed by atoms with Crippen LogP contribution in [0.2, 0.25) is 0 Å². The Morgan fingerprint density at radius 3 is 2.69 bits per heavy atom. The van der Waals surface area contributed by atoms with Crippen molar-refractivity contribution in [2.75, 3.05) is 32.4 Å². The molecule has 1 aliphatic rings. The van der Waals surface area contributed by atoms with Gasteiger partial charge in [0.25, 0.3) is 0 Å². The lowest BCUT2D eigenvalue weighted by Crippen LogP contribution is -2.47. The molecular formula is C9H22ClN3O2S. The van der Waals surface area contributed by atoms with E-state index in [1.807, 2.05) is 0 Å². The summed E-state index contributed by atoms with van der Waals surface area (Å²) in [4.78, 5) is 2.28. The first kappa shape index (κ1) is 16.1. The normalized spacial score (nSPS) is 22.8. The van der Waals surface area contributed by atoms with Crippen LogP contribution >= 0.6 is 12.4 Å². The summed E-state index contributed by atoms with van der Waals surface area (Å²) >= 11 is 0. The second-order valence-electron chi connectivity index (χ2n) is 4.09. The van der Waals surface area contributed by atoms with Crippen LogP contribution in [0.4, 0.5) is 0 Å². The molecule has 3 N–H and O–H groups in total. The minimum Gasteiger partial charge on any atom is -0.329 e. The summed E-state index contributed by atoms with van der Waals surface area (Å²) in [5, 5.41) is 0. The van der Waals surface area contributed by atoms with Gasteiger partial charge in [0.1, 0.15) is 0 Å². The quantitative estimate of drug-likeness (QED) is 0.724. The molecule has 0 aromatic heterocycles. The van der Waals surface area contributed by atoms with Gasteiger partial charge in [-0.3, -0.25) is 4.90 Å². The van der Waals surface area contributed by atoms with Gasteiger partial charge in [-0.1, -0.05) is 6.42 Å². The summed E-state index contributed by atoms with van der Waals surface area (Å²) in [7, 11) is -3.06. The molecule has 0 aromatic carbocycles. The van der Waals surface area contributed by atoms with Crippen LogP contribution in [0.5, 0.6) is 0 Å². The van der Waals surface area contributed by atoms with Crippen LogP contribution in [0, 0.1) is 0 Å². The van der Waals surface area contributed by atoms with E-state index in [0.29, 0.717) is 19.1 Å². The number of hydrogen-bond acceptors (Lipinski definition) is 4. The molecule has 1 atom stereocenters. The number of piperidine rings is 1. The van der Waals surface area contributed by atoms with Crippen molar-refractivity contribution >= 4 is 22.4 Å².